The first kappa shape index (κ1) is 25.3. The number of piperazine rings is 1. The lowest BCUT2D eigenvalue weighted by Gasteiger charge is -2.28. The topological polar surface area (TPSA) is 82.1 Å². The number of halogens is 3. The van der Waals surface area contributed by atoms with Crippen LogP contribution in [-0.2, 0) is 12.7 Å². The van der Waals surface area contributed by atoms with Crippen molar-refractivity contribution in [1.29, 1.82) is 0 Å². The van der Waals surface area contributed by atoms with E-state index < -0.39 is 11.7 Å². The van der Waals surface area contributed by atoms with E-state index in [4.69, 9.17) is 19.9 Å². The summed E-state index contributed by atoms with van der Waals surface area (Å²) in [5.74, 6) is 1.81. The standard InChI is InChI=1S/C28H29F3N8/c29-28(30,31)21-10-8-20(9-11-21)22-24(33-18-19-6-2-1-3-7-19)35-25-23(34-22)26(38-14-4-5-15-38)37-27(36-25)39-16-12-32-13-17-39/h1-3,6-11,32H,4-5,12-18H2,(H,33,35,36,37). The van der Waals surface area contributed by atoms with Gasteiger partial charge in [-0.3, -0.25) is 0 Å². The van der Waals surface area contributed by atoms with E-state index in [2.05, 4.69) is 20.4 Å². The van der Waals surface area contributed by atoms with E-state index in [-0.39, 0.29) is 0 Å². The van der Waals surface area contributed by atoms with Gasteiger partial charge in [0.25, 0.3) is 0 Å². The maximum absolute atomic E-state index is 13.3. The number of aromatic nitrogens is 4. The molecule has 8 nitrogen and oxygen atoms in total. The Morgan fingerprint density at radius 3 is 2.21 bits per heavy atom. The fourth-order valence-corrected chi connectivity index (χ4v) is 5.00. The summed E-state index contributed by atoms with van der Waals surface area (Å²) in [5.41, 5.74) is 2.35. The number of fused-ring (bicyclic) bond motifs is 1. The van der Waals surface area contributed by atoms with Crippen LogP contribution in [0.2, 0.25) is 0 Å². The summed E-state index contributed by atoms with van der Waals surface area (Å²) in [4.78, 5) is 24.0. The predicted molar refractivity (Wildman–Crippen MR) is 146 cm³/mol. The van der Waals surface area contributed by atoms with E-state index in [0.29, 0.717) is 40.7 Å². The number of nitrogens with zero attached hydrogens (tertiary/aromatic N) is 6. The first-order chi connectivity index (χ1) is 19.0. The van der Waals surface area contributed by atoms with Gasteiger partial charge >= 0.3 is 6.18 Å². The summed E-state index contributed by atoms with van der Waals surface area (Å²) in [5, 5.41) is 6.72. The molecule has 0 unspecified atom stereocenters. The Bertz CT molecular complexity index is 1430. The second-order valence-corrected chi connectivity index (χ2v) is 9.79. The van der Waals surface area contributed by atoms with Crippen molar-refractivity contribution in [3.05, 3.63) is 65.7 Å². The highest BCUT2D eigenvalue weighted by atomic mass is 19.4. The highest BCUT2D eigenvalue weighted by molar-refractivity contribution is 5.89. The molecular weight excluding hydrogens is 505 g/mol. The molecule has 2 aromatic heterocycles. The average Bonchev–Trinajstić information content (AvgIpc) is 3.51. The SMILES string of the molecule is FC(F)(F)c1ccc(-c2nc3c(N4CCCC4)nc(N4CCNCC4)nc3nc2NCc2ccccc2)cc1. The zero-order valence-corrected chi connectivity index (χ0v) is 21.4. The highest BCUT2D eigenvalue weighted by Crippen LogP contribution is 2.35. The van der Waals surface area contributed by atoms with Crippen LogP contribution in [0.5, 0.6) is 0 Å². The third kappa shape index (κ3) is 5.44. The molecule has 39 heavy (non-hydrogen) atoms. The molecule has 2 aliphatic heterocycles. The summed E-state index contributed by atoms with van der Waals surface area (Å²) in [6.45, 7) is 5.48. The van der Waals surface area contributed by atoms with E-state index >= 15 is 0 Å². The second-order valence-electron chi connectivity index (χ2n) is 9.79. The van der Waals surface area contributed by atoms with Crippen molar-refractivity contribution in [3.8, 4) is 11.3 Å². The molecule has 6 rings (SSSR count). The number of nitrogens with one attached hydrogen (secondary N) is 2. The van der Waals surface area contributed by atoms with Gasteiger partial charge in [-0.1, -0.05) is 42.5 Å². The van der Waals surface area contributed by atoms with E-state index in [9.17, 15) is 13.2 Å². The third-order valence-electron chi connectivity index (χ3n) is 7.09. The van der Waals surface area contributed by atoms with Gasteiger partial charge < -0.3 is 20.4 Å². The fourth-order valence-electron chi connectivity index (χ4n) is 5.00. The molecule has 2 fully saturated rings. The number of alkyl halides is 3. The molecule has 2 aliphatic rings. The quantitative estimate of drug-likeness (QED) is 0.368. The smallest absolute Gasteiger partial charge is 0.364 e. The maximum Gasteiger partial charge on any atom is 0.416 e. The minimum atomic E-state index is -4.42. The van der Waals surface area contributed by atoms with Crippen molar-refractivity contribution in [2.24, 2.45) is 0 Å². The highest BCUT2D eigenvalue weighted by Gasteiger charge is 2.30. The monoisotopic (exact) mass is 534 g/mol. The van der Waals surface area contributed by atoms with Gasteiger partial charge in [-0.15, -0.1) is 0 Å². The molecule has 2 saturated heterocycles. The molecule has 0 saturated carbocycles. The van der Waals surface area contributed by atoms with Crippen molar-refractivity contribution >= 4 is 28.7 Å². The molecule has 202 valence electrons. The van der Waals surface area contributed by atoms with Crippen LogP contribution in [0.4, 0.5) is 30.8 Å². The summed E-state index contributed by atoms with van der Waals surface area (Å²) >= 11 is 0. The lowest BCUT2D eigenvalue weighted by Crippen LogP contribution is -2.44. The van der Waals surface area contributed by atoms with Crippen LogP contribution < -0.4 is 20.4 Å². The molecule has 0 atom stereocenters. The fraction of sp³-hybridized carbons (Fsp3) is 0.357. The second kappa shape index (κ2) is 10.6. The van der Waals surface area contributed by atoms with Gasteiger partial charge in [-0.05, 0) is 30.5 Å². The first-order valence-electron chi connectivity index (χ1n) is 13.2. The molecular formula is C28H29F3N8. The number of hydrogen-bond donors (Lipinski definition) is 2. The van der Waals surface area contributed by atoms with Crippen LogP contribution in [0, 0.1) is 0 Å². The Morgan fingerprint density at radius 1 is 0.795 bits per heavy atom. The summed E-state index contributed by atoms with van der Waals surface area (Å²) in [6.07, 6.45) is -2.30. The van der Waals surface area contributed by atoms with Crippen molar-refractivity contribution in [1.82, 2.24) is 25.3 Å². The van der Waals surface area contributed by atoms with Gasteiger partial charge in [-0.2, -0.15) is 23.1 Å². The average molecular weight is 535 g/mol. The van der Waals surface area contributed by atoms with Gasteiger partial charge in [0, 0.05) is 51.4 Å². The Kier molecular flexibility index (Phi) is 6.90. The van der Waals surface area contributed by atoms with Crippen LogP contribution in [0.25, 0.3) is 22.4 Å². The van der Waals surface area contributed by atoms with E-state index in [0.717, 1.165) is 75.6 Å². The van der Waals surface area contributed by atoms with E-state index in [1.807, 2.05) is 30.3 Å². The van der Waals surface area contributed by atoms with Gasteiger partial charge in [0.15, 0.2) is 22.8 Å². The Morgan fingerprint density at radius 2 is 1.51 bits per heavy atom. The maximum atomic E-state index is 13.3. The summed E-state index contributed by atoms with van der Waals surface area (Å²) < 4.78 is 39.8. The lowest BCUT2D eigenvalue weighted by molar-refractivity contribution is -0.137. The molecule has 2 aromatic carbocycles. The number of rotatable bonds is 6. The largest absolute Gasteiger partial charge is 0.416 e. The van der Waals surface area contributed by atoms with Gasteiger partial charge in [0.05, 0.1) is 5.56 Å². The Labute approximate surface area is 224 Å². The van der Waals surface area contributed by atoms with Crippen LogP contribution in [0.3, 0.4) is 0 Å². The minimum Gasteiger partial charge on any atom is -0.364 e. The number of benzene rings is 2. The molecule has 0 radical (unpaired) electrons. The summed E-state index contributed by atoms with van der Waals surface area (Å²) in [6, 6.07) is 14.9. The Balaban J connectivity index is 1.48. The zero-order valence-electron chi connectivity index (χ0n) is 21.4. The number of anilines is 3. The van der Waals surface area contributed by atoms with Crippen LogP contribution >= 0.6 is 0 Å². The predicted octanol–water partition coefficient (Wildman–Crippen LogP) is 4.73. The van der Waals surface area contributed by atoms with E-state index in [1.54, 1.807) is 0 Å². The number of hydrogen-bond acceptors (Lipinski definition) is 8. The first-order valence-corrected chi connectivity index (χ1v) is 13.2. The molecule has 4 heterocycles. The van der Waals surface area contributed by atoms with Crippen molar-refractivity contribution < 1.29 is 13.2 Å². The zero-order chi connectivity index (χ0) is 26.8. The normalized spacial score (nSPS) is 16.2. The van der Waals surface area contributed by atoms with E-state index in [1.165, 1.54) is 12.1 Å². The molecule has 2 N–H and O–H groups in total. The lowest BCUT2D eigenvalue weighted by atomic mass is 10.1. The molecule has 0 spiro atoms. The summed E-state index contributed by atoms with van der Waals surface area (Å²) in [7, 11) is 0. The third-order valence-corrected chi connectivity index (χ3v) is 7.09. The minimum absolute atomic E-state index is 0.462. The molecule has 0 bridgehead atoms. The molecule has 0 aliphatic carbocycles. The van der Waals surface area contributed by atoms with Crippen molar-refractivity contribution in [2.45, 2.75) is 25.6 Å². The van der Waals surface area contributed by atoms with Crippen LogP contribution in [-0.4, -0.2) is 59.2 Å². The van der Waals surface area contributed by atoms with Gasteiger partial charge in [0.2, 0.25) is 5.95 Å². The van der Waals surface area contributed by atoms with Crippen molar-refractivity contribution in [2.75, 3.05) is 54.4 Å². The Hall–Kier alpha value is -3.99. The molecule has 11 heteroatoms. The molecule has 0 amide bonds. The van der Waals surface area contributed by atoms with Crippen molar-refractivity contribution in [3.63, 3.8) is 0 Å². The molecule has 4 aromatic rings. The van der Waals surface area contributed by atoms with Gasteiger partial charge in [0.1, 0.15) is 5.69 Å². The van der Waals surface area contributed by atoms with Crippen LogP contribution in [0.15, 0.2) is 54.6 Å². The van der Waals surface area contributed by atoms with Crippen LogP contribution in [0.1, 0.15) is 24.0 Å². The van der Waals surface area contributed by atoms with Gasteiger partial charge in [-0.25, -0.2) is 9.97 Å².